The summed E-state index contributed by atoms with van der Waals surface area (Å²) >= 11 is 0. The molecule has 2 aliphatic heterocycles. The lowest BCUT2D eigenvalue weighted by atomic mass is 9.89. The van der Waals surface area contributed by atoms with E-state index in [-0.39, 0.29) is 0 Å². The number of rotatable bonds is 8. The minimum Gasteiger partial charge on any atom is -0.489 e. The maximum atomic E-state index is 12.8. The lowest BCUT2D eigenvalue weighted by molar-refractivity contribution is -0.134. The maximum absolute atomic E-state index is 12.8. The molecule has 32 heavy (non-hydrogen) atoms. The number of nitrogens with zero attached hydrogens (tertiary/aromatic N) is 3. The van der Waals surface area contributed by atoms with E-state index < -0.39 is 0 Å². The van der Waals surface area contributed by atoms with E-state index in [2.05, 4.69) is 46.0 Å². The fourth-order valence-electron chi connectivity index (χ4n) is 4.98. The largest absolute Gasteiger partial charge is 0.489 e. The van der Waals surface area contributed by atoms with Gasteiger partial charge in [0.15, 0.2) is 0 Å². The van der Waals surface area contributed by atoms with E-state index in [1.807, 2.05) is 12.1 Å². The van der Waals surface area contributed by atoms with E-state index in [4.69, 9.17) is 4.74 Å². The molecule has 0 radical (unpaired) electrons. The van der Waals surface area contributed by atoms with Crippen molar-refractivity contribution in [3.05, 3.63) is 59.9 Å². The summed E-state index contributed by atoms with van der Waals surface area (Å²) in [5, 5.41) is 0. The summed E-state index contributed by atoms with van der Waals surface area (Å²) in [6.07, 6.45) is 9.94. The zero-order valence-electron chi connectivity index (χ0n) is 19.4. The van der Waals surface area contributed by atoms with E-state index in [1.54, 1.807) is 12.4 Å². The highest BCUT2D eigenvalue weighted by Crippen LogP contribution is 2.25. The van der Waals surface area contributed by atoms with Crippen LogP contribution in [-0.2, 0) is 17.8 Å². The lowest BCUT2D eigenvalue weighted by Crippen LogP contribution is -2.41. The average molecular weight is 436 g/mol. The number of aromatic nitrogens is 1. The van der Waals surface area contributed by atoms with Crippen molar-refractivity contribution >= 4 is 5.91 Å². The second-order valence-electron chi connectivity index (χ2n) is 9.40. The smallest absolute Gasteiger partial charge is 0.222 e. The predicted molar refractivity (Wildman–Crippen MR) is 127 cm³/mol. The Bertz CT molecular complexity index is 824. The first-order valence-electron chi connectivity index (χ1n) is 12.3. The topological polar surface area (TPSA) is 45.7 Å². The molecule has 2 fully saturated rings. The summed E-state index contributed by atoms with van der Waals surface area (Å²) in [7, 11) is 0. The van der Waals surface area contributed by atoms with E-state index in [0.29, 0.717) is 24.3 Å². The van der Waals surface area contributed by atoms with Crippen molar-refractivity contribution in [2.24, 2.45) is 11.8 Å². The van der Waals surface area contributed by atoms with Crippen molar-refractivity contribution in [3.63, 3.8) is 0 Å². The van der Waals surface area contributed by atoms with Crippen LogP contribution in [0.2, 0.25) is 0 Å². The number of hydrogen-bond donors (Lipinski definition) is 0. The van der Waals surface area contributed by atoms with Crippen molar-refractivity contribution in [1.82, 2.24) is 14.8 Å². The van der Waals surface area contributed by atoms with Gasteiger partial charge in [0, 0.05) is 31.9 Å². The normalized spacial score (nSPS) is 18.6. The van der Waals surface area contributed by atoms with Gasteiger partial charge in [-0.2, -0.15) is 0 Å². The van der Waals surface area contributed by atoms with Crippen LogP contribution in [0.25, 0.3) is 0 Å². The third-order valence-corrected chi connectivity index (χ3v) is 7.19. The zero-order valence-corrected chi connectivity index (χ0v) is 19.4. The first-order valence-corrected chi connectivity index (χ1v) is 12.3. The Morgan fingerprint density at radius 1 is 0.906 bits per heavy atom. The summed E-state index contributed by atoms with van der Waals surface area (Å²) in [5.74, 6) is 2.49. The molecule has 172 valence electrons. The van der Waals surface area contributed by atoms with Gasteiger partial charge in [0.1, 0.15) is 12.4 Å². The third-order valence-electron chi connectivity index (χ3n) is 7.19. The SMILES string of the molecule is CCN1CCC(CC(=O)N2CCC(Cc3ccc(COc4ccncc4)cc3)CC2)CC1. The number of likely N-dealkylation sites (tertiary alicyclic amines) is 2. The molecule has 0 spiro atoms. The van der Waals surface area contributed by atoms with E-state index in [1.165, 1.54) is 24.0 Å². The Kier molecular flexibility index (Phi) is 8.16. The number of piperidine rings is 2. The molecule has 2 aliphatic rings. The van der Waals surface area contributed by atoms with Crippen LogP contribution in [0.4, 0.5) is 0 Å². The average Bonchev–Trinajstić information content (AvgIpc) is 2.85. The van der Waals surface area contributed by atoms with Crippen molar-refractivity contribution in [2.45, 2.75) is 52.1 Å². The fraction of sp³-hybridized carbons (Fsp3) is 0.556. The van der Waals surface area contributed by atoms with Gasteiger partial charge in [-0.05, 0) is 86.8 Å². The van der Waals surface area contributed by atoms with Crippen molar-refractivity contribution < 1.29 is 9.53 Å². The lowest BCUT2D eigenvalue weighted by Gasteiger charge is -2.35. The number of amides is 1. The van der Waals surface area contributed by atoms with Gasteiger partial charge >= 0.3 is 0 Å². The molecule has 1 aromatic heterocycles. The minimum absolute atomic E-state index is 0.386. The van der Waals surface area contributed by atoms with Crippen LogP contribution in [0.1, 0.15) is 50.2 Å². The van der Waals surface area contributed by atoms with Crippen LogP contribution >= 0.6 is 0 Å². The monoisotopic (exact) mass is 435 g/mol. The molecule has 0 saturated carbocycles. The molecule has 0 N–H and O–H groups in total. The maximum Gasteiger partial charge on any atom is 0.222 e. The molecule has 2 aromatic rings. The Morgan fingerprint density at radius 2 is 1.53 bits per heavy atom. The second-order valence-corrected chi connectivity index (χ2v) is 9.40. The second kappa shape index (κ2) is 11.5. The molecule has 1 amide bonds. The Morgan fingerprint density at radius 3 is 2.19 bits per heavy atom. The van der Waals surface area contributed by atoms with Gasteiger partial charge in [0.25, 0.3) is 0 Å². The highest BCUT2D eigenvalue weighted by Gasteiger charge is 2.26. The third kappa shape index (κ3) is 6.55. The molecule has 0 bridgehead atoms. The summed E-state index contributed by atoms with van der Waals surface area (Å²) in [6, 6.07) is 12.5. The molecular formula is C27H37N3O2. The van der Waals surface area contributed by atoms with Gasteiger partial charge in [0.2, 0.25) is 5.91 Å². The number of pyridine rings is 1. The summed E-state index contributed by atoms with van der Waals surface area (Å²) < 4.78 is 5.80. The highest BCUT2D eigenvalue weighted by molar-refractivity contribution is 5.76. The van der Waals surface area contributed by atoms with Crippen LogP contribution in [0, 0.1) is 11.8 Å². The van der Waals surface area contributed by atoms with Crippen molar-refractivity contribution in [1.29, 1.82) is 0 Å². The van der Waals surface area contributed by atoms with Crippen molar-refractivity contribution in [3.8, 4) is 5.75 Å². The molecule has 0 unspecified atom stereocenters. The van der Waals surface area contributed by atoms with Crippen LogP contribution in [0.15, 0.2) is 48.8 Å². The first-order chi connectivity index (χ1) is 15.7. The number of hydrogen-bond acceptors (Lipinski definition) is 4. The first kappa shape index (κ1) is 22.8. The standard InChI is InChI=1S/C27H37N3O2/c1-2-29-15-9-24(10-16-29)20-27(31)30-17-11-23(12-18-30)19-22-3-5-25(6-4-22)21-32-26-7-13-28-14-8-26/h3-8,13-14,23-24H,2,9-12,15-21H2,1H3. The van der Waals surface area contributed by atoms with Crippen LogP contribution in [0.5, 0.6) is 5.75 Å². The van der Waals surface area contributed by atoms with Gasteiger partial charge in [-0.3, -0.25) is 9.78 Å². The van der Waals surface area contributed by atoms with Gasteiger partial charge in [-0.1, -0.05) is 31.2 Å². The molecule has 1 aromatic carbocycles. The van der Waals surface area contributed by atoms with Gasteiger partial charge in [-0.25, -0.2) is 0 Å². The predicted octanol–water partition coefficient (Wildman–Crippen LogP) is 4.56. The molecule has 0 atom stereocenters. The molecule has 0 aliphatic carbocycles. The fourth-order valence-corrected chi connectivity index (χ4v) is 4.98. The molecular weight excluding hydrogens is 398 g/mol. The quantitative estimate of drug-likeness (QED) is 0.610. The van der Waals surface area contributed by atoms with Crippen LogP contribution in [0.3, 0.4) is 0 Å². The molecule has 2 saturated heterocycles. The van der Waals surface area contributed by atoms with E-state index in [0.717, 1.165) is 64.2 Å². The Hall–Kier alpha value is -2.40. The molecule has 3 heterocycles. The summed E-state index contributed by atoms with van der Waals surface area (Å²) in [4.78, 5) is 21.4. The van der Waals surface area contributed by atoms with Crippen LogP contribution in [-0.4, -0.2) is 53.4 Å². The minimum atomic E-state index is 0.386. The summed E-state index contributed by atoms with van der Waals surface area (Å²) in [6.45, 7) is 8.10. The highest BCUT2D eigenvalue weighted by atomic mass is 16.5. The van der Waals surface area contributed by atoms with Crippen molar-refractivity contribution in [2.75, 3.05) is 32.7 Å². The summed E-state index contributed by atoms with van der Waals surface area (Å²) in [5.41, 5.74) is 2.56. The van der Waals surface area contributed by atoms with E-state index >= 15 is 0 Å². The zero-order chi connectivity index (χ0) is 22.2. The van der Waals surface area contributed by atoms with Gasteiger partial charge in [0.05, 0.1) is 0 Å². The Labute approximate surface area is 192 Å². The molecule has 5 nitrogen and oxygen atoms in total. The van der Waals surface area contributed by atoms with Crippen LogP contribution < -0.4 is 4.74 Å². The number of benzene rings is 1. The number of ether oxygens (including phenoxy) is 1. The van der Waals surface area contributed by atoms with Gasteiger partial charge in [-0.15, -0.1) is 0 Å². The molecule has 4 rings (SSSR count). The Balaban J connectivity index is 1.16. The van der Waals surface area contributed by atoms with E-state index in [9.17, 15) is 4.79 Å². The van der Waals surface area contributed by atoms with Gasteiger partial charge < -0.3 is 14.5 Å². The number of carbonyl (C=O) groups excluding carboxylic acids is 1. The number of carbonyl (C=O) groups is 1. The molecule has 5 heteroatoms.